The lowest BCUT2D eigenvalue weighted by molar-refractivity contribution is -0.280. The molecule has 0 radical (unpaired) electrons. The summed E-state index contributed by atoms with van der Waals surface area (Å²) in [6.45, 7) is 3.86. The summed E-state index contributed by atoms with van der Waals surface area (Å²) in [5.41, 5.74) is -7.06. The van der Waals surface area contributed by atoms with Gasteiger partial charge in [-0.05, 0) is 103 Å². The van der Waals surface area contributed by atoms with Crippen molar-refractivity contribution in [3.63, 3.8) is 0 Å². The molecule has 3 saturated heterocycles. The zero-order valence-corrected chi connectivity index (χ0v) is 44.7. The van der Waals surface area contributed by atoms with Gasteiger partial charge in [-0.1, -0.05) is 125 Å². The van der Waals surface area contributed by atoms with E-state index in [-0.39, 0.29) is 62.9 Å². The van der Waals surface area contributed by atoms with Crippen molar-refractivity contribution in [3.8, 4) is 0 Å². The van der Waals surface area contributed by atoms with Crippen molar-refractivity contribution in [2.24, 2.45) is 0 Å². The molecular formula is C58H80F6O12. The van der Waals surface area contributed by atoms with Crippen molar-refractivity contribution in [2.45, 2.75) is 240 Å². The third-order valence-corrected chi connectivity index (χ3v) is 15.5. The van der Waals surface area contributed by atoms with Gasteiger partial charge in [0.15, 0.2) is 0 Å². The molecule has 0 aromatic heterocycles. The van der Waals surface area contributed by atoms with Crippen LogP contribution in [0.25, 0.3) is 0 Å². The Bertz CT molecular complexity index is 2110. The lowest BCUT2D eigenvalue weighted by Gasteiger charge is -2.35. The summed E-state index contributed by atoms with van der Waals surface area (Å²) in [7, 11) is 1.58. The summed E-state index contributed by atoms with van der Waals surface area (Å²) in [6, 6.07) is 13.0. The van der Waals surface area contributed by atoms with Crippen LogP contribution < -0.4 is 0 Å². The number of halogens is 6. The topological polar surface area (TPSA) is 134 Å². The quantitative estimate of drug-likeness (QED) is 0.0319. The molecule has 2 aromatic carbocycles. The van der Waals surface area contributed by atoms with Gasteiger partial charge in [-0.3, -0.25) is 0 Å². The molecule has 4 aliphatic heterocycles. The monoisotopic (exact) mass is 1080 g/mol. The van der Waals surface area contributed by atoms with Crippen LogP contribution in [0, 0.1) is 0 Å². The number of hydrogen-bond donors (Lipinski definition) is 0. The van der Waals surface area contributed by atoms with E-state index in [1.807, 2.05) is 19.9 Å². The maximum Gasteiger partial charge on any atom is 0.432 e. The van der Waals surface area contributed by atoms with Gasteiger partial charge in [0.05, 0.1) is 36.6 Å². The molecule has 0 aliphatic carbocycles. The number of esters is 3. The Morgan fingerprint density at radius 3 is 1.67 bits per heavy atom. The van der Waals surface area contributed by atoms with Crippen LogP contribution in [0.3, 0.4) is 0 Å². The Balaban J connectivity index is 1.06. The fourth-order valence-corrected chi connectivity index (χ4v) is 11.3. The van der Waals surface area contributed by atoms with E-state index in [0.717, 1.165) is 134 Å². The van der Waals surface area contributed by atoms with Gasteiger partial charge in [-0.15, -0.1) is 0 Å². The molecule has 0 bridgehead atoms. The number of ether oxygens (including phenoxy) is 9. The molecule has 0 N–H and O–H groups in total. The lowest BCUT2D eigenvalue weighted by atomic mass is 9.92. The van der Waals surface area contributed by atoms with Gasteiger partial charge in [0.25, 0.3) is 11.2 Å². The second-order valence-corrected chi connectivity index (χ2v) is 20.8. The number of carbonyl (C=O) groups is 3. The minimum Gasteiger partial charge on any atom is -0.460 e. The predicted molar refractivity (Wildman–Crippen MR) is 270 cm³/mol. The smallest absolute Gasteiger partial charge is 0.432 e. The number of cyclic esters (lactones) is 1. The zero-order chi connectivity index (χ0) is 54.8. The van der Waals surface area contributed by atoms with Crippen molar-refractivity contribution >= 4 is 17.9 Å². The molecule has 3 fully saturated rings. The Labute approximate surface area is 444 Å². The van der Waals surface area contributed by atoms with Gasteiger partial charge in [0, 0.05) is 30.9 Å². The lowest BCUT2D eigenvalue weighted by Crippen LogP contribution is -2.53. The van der Waals surface area contributed by atoms with Gasteiger partial charge >= 0.3 is 30.3 Å². The Kier molecular flexibility index (Phi) is 23.5. The van der Waals surface area contributed by atoms with E-state index in [1.165, 1.54) is 36.4 Å². The van der Waals surface area contributed by atoms with E-state index >= 15 is 13.2 Å². The van der Waals surface area contributed by atoms with E-state index in [4.69, 9.17) is 42.6 Å². The highest BCUT2D eigenvalue weighted by Crippen LogP contribution is 2.46. The minimum atomic E-state index is -5.26. The maximum absolute atomic E-state index is 15.2. The first-order chi connectivity index (χ1) is 36.5. The van der Waals surface area contributed by atoms with Gasteiger partial charge in [-0.25, -0.2) is 14.4 Å². The molecule has 2 aromatic rings. The van der Waals surface area contributed by atoms with Crippen LogP contribution >= 0.6 is 0 Å². The first kappa shape index (κ1) is 61.1. The highest BCUT2D eigenvalue weighted by Gasteiger charge is 2.65. The summed E-state index contributed by atoms with van der Waals surface area (Å²) in [5.74, 6) is -3.52. The van der Waals surface area contributed by atoms with E-state index < -0.39 is 77.1 Å². The third-order valence-electron chi connectivity index (χ3n) is 15.5. The molecule has 0 saturated carbocycles. The molecule has 4 heterocycles. The normalized spacial score (nSPS) is 25.7. The van der Waals surface area contributed by atoms with Crippen LogP contribution in [0.5, 0.6) is 0 Å². The van der Waals surface area contributed by atoms with Crippen LogP contribution in [0.4, 0.5) is 26.3 Å². The van der Waals surface area contributed by atoms with Gasteiger partial charge < -0.3 is 42.6 Å². The van der Waals surface area contributed by atoms with Crippen molar-refractivity contribution in [1.29, 1.82) is 0 Å². The van der Waals surface area contributed by atoms with Crippen molar-refractivity contribution in [3.05, 3.63) is 83.4 Å². The fourth-order valence-electron chi connectivity index (χ4n) is 11.3. The number of methoxy groups -OCH3 is 2. The van der Waals surface area contributed by atoms with Gasteiger partial charge in [0.2, 0.25) is 0 Å². The molecule has 12 nitrogen and oxygen atoms in total. The van der Waals surface area contributed by atoms with Crippen LogP contribution in [0.2, 0.25) is 0 Å². The van der Waals surface area contributed by atoms with E-state index in [9.17, 15) is 27.6 Å². The SMILES string of the molecule is CCCCCC[C@@H](CCC[C@H](OC(=O)[C@](OC)(c1ccccc1)C(F)(F)F)[C@H]1CC[C@H]([C@H]2CC[C@@H]([C@@H]3CC[C@@H](CCCCCCCCCC4=C[C@H](C)OC4=O)O3)OCO2)O1)OC(=O)[C@](OC)(c1ccccc1)C(F)(F)F. The second-order valence-electron chi connectivity index (χ2n) is 20.8. The summed E-state index contributed by atoms with van der Waals surface area (Å²) in [6.07, 6.45) is 3.40. The van der Waals surface area contributed by atoms with E-state index in [1.54, 1.807) is 0 Å². The number of rotatable bonds is 30. The van der Waals surface area contributed by atoms with Crippen molar-refractivity contribution < 1.29 is 83.4 Å². The summed E-state index contributed by atoms with van der Waals surface area (Å²) in [4.78, 5) is 39.8. The maximum atomic E-state index is 15.2. The molecule has 0 spiro atoms. The van der Waals surface area contributed by atoms with Crippen molar-refractivity contribution in [1.82, 2.24) is 0 Å². The van der Waals surface area contributed by atoms with Crippen LogP contribution in [-0.2, 0) is 68.2 Å². The van der Waals surface area contributed by atoms with E-state index in [0.29, 0.717) is 32.1 Å². The molecule has 6 rings (SSSR count). The first-order valence-corrected chi connectivity index (χ1v) is 27.7. The molecule has 76 heavy (non-hydrogen) atoms. The Morgan fingerprint density at radius 1 is 0.605 bits per heavy atom. The minimum absolute atomic E-state index is 0.00253. The number of unbranched alkanes of at least 4 members (excludes halogenated alkanes) is 9. The Hall–Kier alpha value is -4.07. The predicted octanol–water partition coefficient (Wildman–Crippen LogP) is 13.2. The third kappa shape index (κ3) is 15.8. The molecule has 0 amide bonds. The number of carbonyl (C=O) groups excluding carboxylic acids is 3. The van der Waals surface area contributed by atoms with E-state index in [2.05, 4.69) is 0 Å². The Morgan fingerprint density at radius 2 is 1.12 bits per heavy atom. The fraction of sp³-hybridized carbons (Fsp3) is 0.707. The van der Waals surface area contributed by atoms with Crippen LogP contribution in [0.1, 0.15) is 173 Å². The number of hydrogen-bond acceptors (Lipinski definition) is 12. The standard InChI is InChI=1S/C58H80F6O12/c1-5-6-7-20-28-44(74-53(66)55(68-3,57(59,60)61)42-24-16-13-17-25-42)30-22-31-48(76-54(67)56(69-4,58(62,63)64)43-26-18-14-19-27-43)51-37-36-50(75-51)47-35-34-46(70-39-71-47)49-33-32-45(73-49)29-21-12-10-8-9-11-15-23-41-38-40(2)72-52(41)65/h13-14,16-19,24-27,38,40,44-51H,5-12,15,20-23,28-37,39H2,1-4H3/t40-,44-,45+,46-,47+,48-,49-,50+,51+,55+,56+/m0/s1. The molecular weight excluding hydrogens is 1000 g/mol. The molecule has 426 valence electrons. The van der Waals surface area contributed by atoms with Crippen LogP contribution in [0.15, 0.2) is 72.3 Å². The molecule has 0 unspecified atom stereocenters. The van der Waals surface area contributed by atoms with Crippen molar-refractivity contribution in [2.75, 3.05) is 21.0 Å². The summed E-state index contributed by atoms with van der Waals surface area (Å²) >= 11 is 0. The highest BCUT2D eigenvalue weighted by atomic mass is 19.4. The molecule has 11 atom stereocenters. The van der Waals surface area contributed by atoms with Gasteiger partial charge in [-0.2, -0.15) is 26.3 Å². The number of benzene rings is 2. The van der Waals surface area contributed by atoms with Gasteiger partial charge in [0.1, 0.15) is 25.1 Å². The average molecular weight is 1080 g/mol. The zero-order valence-electron chi connectivity index (χ0n) is 44.7. The molecule has 4 aliphatic rings. The first-order valence-electron chi connectivity index (χ1n) is 27.7. The highest BCUT2D eigenvalue weighted by molar-refractivity contribution is 5.90. The second kappa shape index (κ2) is 29.2. The summed E-state index contributed by atoms with van der Waals surface area (Å²) in [5, 5.41) is 0. The average Bonchev–Trinajstić information content (AvgIpc) is 4.12. The molecule has 18 heteroatoms. The summed E-state index contributed by atoms with van der Waals surface area (Å²) < 4.78 is 143. The number of alkyl halides is 6. The largest absolute Gasteiger partial charge is 0.460 e. The van der Waals surface area contributed by atoms with Crippen LogP contribution in [-0.4, -0.2) is 106 Å².